The van der Waals surface area contributed by atoms with Crippen LogP contribution in [0.25, 0.3) is 0 Å². The van der Waals surface area contributed by atoms with Gasteiger partial charge in [-0.25, -0.2) is 0 Å². The molecule has 0 aliphatic carbocycles. The highest BCUT2D eigenvalue weighted by Gasteiger charge is 2.22. The van der Waals surface area contributed by atoms with Crippen LogP contribution in [-0.4, -0.2) is 29.9 Å². The summed E-state index contributed by atoms with van der Waals surface area (Å²) in [6, 6.07) is 10.1. The topological polar surface area (TPSA) is 32.3 Å². The zero-order valence-electron chi connectivity index (χ0n) is 10.4. The fourth-order valence-corrected chi connectivity index (χ4v) is 2.17. The van der Waals surface area contributed by atoms with Crippen molar-refractivity contribution in [2.45, 2.75) is 32.4 Å². The molecule has 1 aliphatic heterocycles. The summed E-state index contributed by atoms with van der Waals surface area (Å²) in [6.07, 6.45) is 2.30. The number of amides is 1. The third-order valence-corrected chi connectivity index (χ3v) is 3.24. The molecular weight excluding hydrogens is 212 g/mol. The fraction of sp³-hybridized carbons (Fsp3) is 0.500. The van der Waals surface area contributed by atoms with Crippen LogP contribution in [0.1, 0.15) is 25.3 Å². The smallest absolute Gasteiger partial charge is 0.239 e. The molecule has 1 amide bonds. The van der Waals surface area contributed by atoms with Crippen LogP contribution in [0.2, 0.25) is 0 Å². The Bertz CT molecular complexity index is 358. The number of nitrogens with one attached hydrogen (secondary N) is 1. The minimum atomic E-state index is -0.0895. The third kappa shape index (κ3) is 3.30. The molecule has 1 aromatic carbocycles. The van der Waals surface area contributed by atoms with Crippen molar-refractivity contribution in [1.29, 1.82) is 0 Å². The molecule has 2 rings (SSSR count). The summed E-state index contributed by atoms with van der Waals surface area (Å²) in [5.74, 6) is 0.235. The van der Waals surface area contributed by atoms with Crippen molar-refractivity contribution in [3.05, 3.63) is 35.9 Å². The molecule has 1 heterocycles. The van der Waals surface area contributed by atoms with Crippen molar-refractivity contribution in [2.24, 2.45) is 0 Å². The van der Waals surface area contributed by atoms with E-state index in [2.05, 4.69) is 17.4 Å². The highest BCUT2D eigenvalue weighted by Crippen LogP contribution is 2.09. The highest BCUT2D eigenvalue weighted by atomic mass is 16.2. The van der Waals surface area contributed by atoms with Crippen LogP contribution in [-0.2, 0) is 11.3 Å². The molecule has 92 valence electrons. The molecule has 1 saturated heterocycles. The molecule has 1 fully saturated rings. The van der Waals surface area contributed by atoms with Crippen LogP contribution in [0.15, 0.2) is 30.3 Å². The SMILES string of the molecule is CC(NCc1ccccc1)C(=O)N1CCCC1. The maximum absolute atomic E-state index is 12.0. The first kappa shape index (κ1) is 12.1. The van der Waals surface area contributed by atoms with E-state index in [9.17, 15) is 4.79 Å². The van der Waals surface area contributed by atoms with Gasteiger partial charge in [0.15, 0.2) is 0 Å². The van der Waals surface area contributed by atoms with Crippen LogP contribution < -0.4 is 5.32 Å². The molecule has 0 aromatic heterocycles. The lowest BCUT2D eigenvalue weighted by atomic mass is 10.2. The number of hydrogen-bond acceptors (Lipinski definition) is 2. The second-order valence-corrected chi connectivity index (χ2v) is 4.62. The average Bonchev–Trinajstić information content (AvgIpc) is 2.90. The predicted molar refractivity (Wildman–Crippen MR) is 68.6 cm³/mol. The molecule has 3 heteroatoms. The Kier molecular flexibility index (Phi) is 4.15. The van der Waals surface area contributed by atoms with Crippen molar-refractivity contribution >= 4 is 5.91 Å². The summed E-state index contributed by atoms with van der Waals surface area (Å²) in [4.78, 5) is 14.0. The normalized spacial score (nSPS) is 17.1. The number of likely N-dealkylation sites (tertiary alicyclic amines) is 1. The zero-order valence-corrected chi connectivity index (χ0v) is 10.4. The number of carbonyl (C=O) groups is 1. The maximum Gasteiger partial charge on any atom is 0.239 e. The van der Waals surface area contributed by atoms with E-state index in [1.165, 1.54) is 5.56 Å². The summed E-state index contributed by atoms with van der Waals surface area (Å²) in [6.45, 7) is 4.55. The van der Waals surface area contributed by atoms with Crippen molar-refractivity contribution in [1.82, 2.24) is 10.2 Å². The first-order valence-electron chi connectivity index (χ1n) is 6.33. The number of carbonyl (C=O) groups excluding carboxylic acids is 1. The average molecular weight is 232 g/mol. The quantitative estimate of drug-likeness (QED) is 0.858. The van der Waals surface area contributed by atoms with Crippen molar-refractivity contribution in [3.8, 4) is 0 Å². The number of nitrogens with zero attached hydrogens (tertiary/aromatic N) is 1. The first-order chi connectivity index (χ1) is 8.27. The summed E-state index contributed by atoms with van der Waals surface area (Å²) in [5, 5.41) is 3.28. The lowest BCUT2D eigenvalue weighted by Gasteiger charge is -2.21. The monoisotopic (exact) mass is 232 g/mol. The lowest BCUT2D eigenvalue weighted by molar-refractivity contribution is -0.131. The zero-order chi connectivity index (χ0) is 12.1. The lowest BCUT2D eigenvalue weighted by Crippen LogP contribution is -2.43. The van der Waals surface area contributed by atoms with Crippen LogP contribution >= 0.6 is 0 Å². The van der Waals surface area contributed by atoms with Crippen molar-refractivity contribution < 1.29 is 4.79 Å². The van der Waals surface area contributed by atoms with Gasteiger partial charge in [0.2, 0.25) is 5.91 Å². The first-order valence-corrected chi connectivity index (χ1v) is 6.33. The number of hydrogen-bond donors (Lipinski definition) is 1. The molecule has 1 unspecified atom stereocenters. The van der Waals surface area contributed by atoms with Crippen LogP contribution in [0.3, 0.4) is 0 Å². The Hall–Kier alpha value is -1.35. The second-order valence-electron chi connectivity index (χ2n) is 4.62. The van der Waals surface area contributed by atoms with Gasteiger partial charge >= 0.3 is 0 Å². The Morgan fingerprint density at radius 2 is 1.94 bits per heavy atom. The molecule has 1 N–H and O–H groups in total. The minimum Gasteiger partial charge on any atom is -0.341 e. The van der Waals surface area contributed by atoms with E-state index in [0.717, 1.165) is 32.5 Å². The van der Waals surface area contributed by atoms with E-state index < -0.39 is 0 Å². The molecular formula is C14H20N2O. The van der Waals surface area contributed by atoms with Gasteiger partial charge in [0.05, 0.1) is 6.04 Å². The van der Waals surface area contributed by atoms with Crippen LogP contribution in [0.4, 0.5) is 0 Å². The van der Waals surface area contributed by atoms with E-state index in [-0.39, 0.29) is 11.9 Å². The van der Waals surface area contributed by atoms with Crippen LogP contribution in [0.5, 0.6) is 0 Å². The molecule has 3 nitrogen and oxygen atoms in total. The largest absolute Gasteiger partial charge is 0.341 e. The molecule has 1 atom stereocenters. The van der Waals surface area contributed by atoms with Crippen LogP contribution in [0, 0.1) is 0 Å². The summed E-state index contributed by atoms with van der Waals surface area (Å²) in [5.41, 5.74) is 1.22. The predicted octanol–water partition coefficient (Wildman–Crippen LogP) is 1.79. The van der Waals surface area contributed by atoms with Gasteiger partial charge < -0.3 is 10.2 Å². The van der Waals surface area contributed by atoms with E-state index in [1.54, 1.807) is 0 Å². The van der Waals surface area contributed by atoms with E-state index >= 15 is 0 Å². The Morgan fingerprint density at radius 3 is 2.59 bits per heavy atom. The van der Waals surface area contributed by atoms with E-state index in [1.807, 2.05) is 30.0 Å². The summed E-state index contributed by atoms with van der Waals surface area (Å²) < 4.78 is 0. The second kappa shape index (κ2) is 5.82. The van der Waals surface area contributed by atoms with Gasteiger partial charge in [0, 0.05) is 19.6 Å². The molecule has 0 bridgehead atoms. The molecule has 0 saturated carbocycles. The third-order valence-electron chi connectivity index (χ3n) is 3.24. The highest BCUT2D eigenvalue weighted by molar-refractivity contribution is 5.81. The van der Waals surface area contributed by atoms with Crippen molar-refractivity contribution in [3.63, 3.8) is 0 Å². The van der Waals surface area contributed by atoms with Gasteiger partial charge in [-0.05, 0) is 25.3 Å². The molecule has 1 aromatic rings. The van der Waals surface area contributed by atoms with E-state index in [4.69, 9.17) is 0 Å². The fourth-order valence-electron chi connectivity index (χ4n) is 2.17. The van der Waals surface area contributed by atoms with Gasteiger partial charge in [-0.2, -0.15) is 0 Å². The standard InChI is InChI=1S/C14H20N2O/c1-12(14(17)16-9-5-6-10-16)15-11-13-7-3-2-4-8-13/h2-4,7-8,12,15H,5-6,9-11H2,1H3. The maximum atomic E-state index is 12.0. The Labute approximate surface area is 103 Å². The molecule has 0 spiro atoms. The Balaban J connectivity index is 1.80. The Morgan fingerprint density at radius 1 is 1.29 bits per heavy atom. The molecule has 17 heavy (non-hydrogen) atoms. The number of rotatable bonds is 4. The van der Waals surface area contributed by atoms with Gasteiger partial charge in [-0.3, -0.25) is 4.79 Å². The van der Waals surface area contributed by atoms with Crippen molar-refractivity contribution in [2.75, 3.05) is 13.1 Å². The van der Waals surface area contributed by atoms with Gasteiger partial charge in [0.25, 0.3) is 0 Å². The van der Waals surface area contributed by atoms with Gasteiger partial charge in [-0.15, -0.1) is 0 Å². The van der Waals surface area contributed by atoms with Gasteiger partial charge in [0.1, 0.15) is 0 Å². The molecule has 0 radical (unpaired) electrons. The molecule has 1 aliphatic rings. The summed E-state index contributed by atoms with van der Waals surface area (Å²) in [7, 11) is 0. The van der Waals surface area contributed by atoms with Gasteiger partial charge in [-0.1, -0.05) is 30.3 Å². The number of benzene rings is 1. The summed E-state index contributed by atoms with van der Waals surface area (Å²) >= 11 is 0. The van der Waals surface area contributed by atoms with E-state index in [0.29, 0.717) is 0 Å². The minimum absolute atomic E-state index is 0.0895.